The molecule has 0 fully saturated rings. The van der Waals surface area contributed by atoms with Crippen molar-refractivity contribution in [3.8, 4) is 11.4 Å². The maximum Gasteiger partial charge on any atom is 0.339 e. The Morgan fingerprint density at radius 1 is 1.06 bits per heavy atom. The number of ether oxygens (including phenoxy) is 1. The highest BCUT2D eigenvalue weighted by molar-refractivity contribution is 5.88. The van der Waals surface area contributed by atoms with Gasteiger partial charge in [-0.3, -0.25) is 0 Å². The van der Waals surface area contributed by atoms with Gasteiger partial charge in [-0.1, -0.05) is 30.3 Å². The third kappa shape index (κ3) is 4.83. The van der Waals surface area contributed by atoms with E-state index in [0.717, 1.165) is 28.5 Å². The summed E-state index contributed by atoms with van der Waals surface area (Å²) in [7, 11) is 0. The van der Waals surface area contributed by atoms with Gasteiger partial charge in [0.1, 0.15) is 17.1 Å². The fourth-order valence-electron chi connectivity index (χ4n) is 3.40. The van der Waals surface area contributed by atoms with Gasteiger partial charge in [0.2, 0.25) is 0 Å². The largest absolute Gasteiger partial charge is 0.493 e. The number of hydrogen-bond donors (Lipinski definition) is 1. The van der Waals surface area contributed by atoms with E-state index >= 15 is 0 Å². The van der Waals surface area contributed by atoms with Gasteiger partial charge in [0.15, 0.2) is 5.89 Å². The zero-order valence-electron chi connectivity index (χ0n) is 17.4. The van der Waals surface area contributed by atoms with Crippen molar-refractivity contribution in [2.24, 2.45) is 0 Å². The van der Waals surface area contributed by atoms with Gasteiger partial charge >= 0.3 is 5.97 Å². The summed E-state index contributed by atoms with van der Waals surface area (Å²) in [6, 6.07) is 17.1. The van der Waals surface area contributed by atoms with E-state index in [1.165, 1.54) is 0 Å². The van der Waals surface area contributed by atoms with Crippen LogP contribution in [0.5, 0.6) is 5.75 Å². The minimum atomic E-state index is -0.990. The van der Waals surface area contributed by atoms with Crippen LogP contribution in [0.1, 0.15) is 39.0 Å². The number of para-hydroxylation sites is 1. The van der Waals surface area contributed by atoms with Crippen molar-refractivity contribution in [3.05, 3.63) is 95.0 Å². The molecule has 4 aromatic rings. The fourth-order valence-corrected chi connectivity index (χ4v) is 3.40. The third-order valence-corrected chi connectivity index (χ3v) is 4.94. The Labute approximate surface area is 179 Å². The second kappa shape index (κ2) is 8.87. The molecule has 0 amide bonds. The number of hydrogen-bond acceptors (Lipinski definition) is 5. The highest BCUT2D eigenvalue weighted by Gasteiger charge is 2.16. The van der Waals surface area contributed by atoms with Crippen molar-refractivity contribution in [1.29, 1.82) is 0 Å². The Bertz CT molecular complexity index is 1180. The molecule has 0 bridgehead atoms. The van der Waals surface area contributed by atoms with E-state index in [-0.39, 0.29) is 5.56 Å². The van der Waals surface area contributed by atoms with Crippen LogP contribution >= 0.6 is 0 Å². The van der Waals surface area contributed by atoms with E-state index in [9.17, 15) is 9.90 Å². The SMILES string of the molecule is Cc1nc(CCOc2ccc(Cc3nn(-c4ccccc4)cc3C(=O)O)cc2)c(C)o1. The van der Waals surface area contributed by atoms with Crippen molar-refractivity contribution < 1.29 is 19.1 Å². The van der Waals surface area contributed by atoms with E-state index in [1.807, 2.05) is 68.4 Å². The normalized spacial score (nSPS) is 10.9. The molecule has 7 heteroatoms. The van der Waals surface area contributed by atoms with E-state index in [1.54, 1.807) is 10.9 Å². The lowest BCUT2D eigenvalue weighted by atomic mass is 10.1. The maximum atomic E-state index is 11.7. The predicted octanol–water partition coefficient (Wildman–Crippen LogP) is 4.39. The van der Waals surface area contributed by atoms with Crippen molar-refractivity contribution in [1.82, 2.24) is 14.8 Å². The van der Waals surface area contributed by atoms with Crippen LogP contribution in [-0.2, 0) is 12.8 Å². The van der Waals surface area contributed by atoms with Gasteiger partial charge in [-0.25, -0.2) is 14.5 Å². The summed E-state index contributed by atoms with van der Waals surface area (Å²) in [5.41, 5.74) is 3.39. The molecule has 0 radical (unpaired) electrons. The Hall–Kier alpha value is -3.87. The van der Waals surface area contributed by atoms with Crippen molar-refractivity contribution >= 4 is 5.97 Å². The number of carboxylic acid groups (broad SMARTS) is 1. The average molecular weight is 417 g/mol. The lowest BCUT2D eigenvalue weighted by molar-refractivity contribution is 0.0696. The molecule has 0 saturated heterocycles. The summed E-state index contributed by atoms with van der Waals surface area (Å²) in [5, 5.41) is 14.1. The standard InChI is InChI=1S/C24H23N3O4/c1-16-22(25-17(2)31-16)12-13-30-20-10-8-18(9-11-20)14-23-21(24(28)29)15-27(26-23)19-6-4-3-5-7-19/h3-11,15H,12-14H2,1-2H3,(H,28,29). The number of carbonyl (C=O) groups is 1. The number of nitrogens with zero attached hydrogens (tertiary/aromatic N) is 3. The van der Waals surface area contributed by atoms with Gasteiger partial charge < -0.3 is 14.3 Å². The molecular formula is C24H23N3O4. The Balaban J connectivity index is 1.42. The third-order valence-electron chi connectivity index (χ3n) is 4.94. The Kier molecular flexibility index (Phi) is 5.84. The number of aromatic nitrogens is 3. The summed E-state index contributed by atoms with van der Waals surface area (Å²) >= 11 is 0. The van der Waals surface area contributed by atoms with E-state index in [0.29, 0.717) is 31.0 Å². The monoisotopic (exact) mass is 417 g/mol. The Morgan fingerprint density at radius 3 is 2.45 bits per heavy atom. The minimum absolute atomic E-state index is 0.197. The number of rotatable bonds is 8. The number of aryl methyl sites for hydroxylation is 2. The molecule has 2 aromatic carbocycles. The molecule has 2 aromatic heterocycles. The van der Waals surface area contributed by atoms with Gasteiger partial charge in [-0.2, -0.15) is 5.10 Å². The number of benzene rings is 2. The first-order valence-corrected chi connectivity index (χ1v) is 10.0. The van der Waals surface area contributed by atoms with Gasteiger partial charge in [0.05, 0.1) is 23.7 Å². The second-order valence-corrected chi connectivity index (χ2v) is 7.23. The van der Waals surface area contributed by atoms with Crippen molar-refractivity contribution in [2.45, 2.75) is 26.7 Å². The smallest absolute Gasteiger partial charge is 0.339 e. The highest BCUT2D eigenvalue weighted by Crippen LogP contribution is 2.19. The lowest BCUT2D eigenvalue weighted by Gasteiger charge is -2.06. The summed E-state index contributed by atoms with van der Waals surface area (Å²) in [6.07, 6.45) is 2.64. The van der Waals surface area contributed by atoms with Gasteiger partial charge in [-0.05, 0) is 36.8 Å². The van der Waals surface area contributed by atoms with Crippen molar-refractivity contribution in [3.63, 3.8) is 0 Å². The average Bonchev–Trinajstić information content (AvgIpc) is 3.32. The molecule has 158 valence electrons. The number of aromatic carboxylic acids is 1. The zero-order valence-corrected chi connectivity index (χ0v) is 17.4. The topological polar surface area (TPSA) is 90.4 Å². The quantitative estimate of drug-likeness (QED) is 0.457. The van der Waals surface area contributed by atoms with Crippen LogP contribution in [0.2, 0.25) is 0 Å². The van der Waals surface area contributed by atoms with Crippen LogP contribution in [-0.4, -0.2) is 32.4 Å². The van der Waals surface area contributed by atoms with Crippen molar-refractivity contribution in [2.75, 3.05) is 6.61 Å². The van der Waals surface area contributed by atoms with Crippen LogP contribution in [0.4, 0.5) is 0 Å². The molecule has 0 spiro atoms. The van der Waals surface area contributed by atoms with Gasteiger partial charge in [0, 0.05) is 26.0 Å². The first-order chi connectivity index (χ1) is 15.0. The molecule has 0 atom stereocenters. The molecule has 2 heterocycles. The van der Waals surface area contributed by atoms with E-state index in [4.69, 9.17) is 9.15 Å². The fraction of sp³-hybridized carbons (Fsp3) is 0.208. The first-order valence-electron chi connectivity index (χ1n) is 10.0. The van der Waals surface area contributed by atoms with E-state index in [2.05, 4.69) is 10.1 Å². The zero-order chi connectivity index (χ0) is 21.8. The van der Waals surface area contributed by atoms with Gasteiger partial charge in [-0.15, -0.1) is 0 Å². The summed E-state index contributed by atoms with van der Waals surface area (Å²) in [6.45, 7) is 4.22. The molecule has 1 N–H and O–H groups in total. The molecule has 31 heavy (non-hydrogen) atoms. The lowest BCUT2D eigenvalue weighted by Crippen LogP contribution is -2.03. The molecule has 0 aliphatic rings. The minimum Gasteiger partial charge on any atom is -0.493 e. The van der Waals surface area contributed by atoms with Crippen LogP contribution in [0, 0.1) is 13.8 Å². The molecule has 4 rings (SSSR count). The molecule has 7 nitrogen and oxygen atoms in total. The number of carboxylic acids is 1. The first kappa shape index (κ1) is 20.4. The molecule has 0 aliphatic heterocycles. The summed E-state index contributed by atoms with van der Waals surface area (Å²) < 4.78 is 12.8. The molecule has 0 unspecified atom stereocenters. The maximum absolute atomic E-state index is 11.7. The summed E-state index contributed by atoms with van der Waals surface area (Å²) in [5.74, 6) is 1.23. The van der Waals surface area contributed by atoms with Crippen LogP contribution < -0.4 is 4.74 Å². The predicted molar refractivity (Wildman–Crippen MR) is 115 cm³/mol. The van der Waals surface area contributed by atoms with Crippen LogP contribution in [0.25, 0.3) is 5.69 Å². The van der Waals surface area contributed by atoms with E-state index < -0.39 is 5.97 Å². The van der Waals surface area contributed by atoms with Gasteiger partial charge in [0.25, 0.3) is 0 Å². The molecule has 0 aliphatic carbocycles. The van der Waals surface area contributed by atoms with Crippen LogP contribution in [0.15, 0.2) is 65.2 Å². The molecular weight excluding hydrogens is 394 g/mol. The number of oxazole rings is 1. The summed E-state index contributed by atoms with van der Waals surface area (Å²) in [4.78, 5) is 16.0. The van der Waals surface area contributed by atoms with Crippen LogP contribution in [0.3, 0.4) is 0 Å². The Morgan fingerprint density at radius 2 is 1.81 bits per heavy atom. The highest BCUT2D eigenvalue weighted by atomic mass is 16.5. The second-order valence-electron chi connectivity index (χ2n) is 7.23. The molecule has 0 saturated carbocycles.